The van der Waals surface area contributed by atoms with Crippen LogP contribution in [0.3, 0.4) is 0 Å². The van der Waals surface area contributed by atoms with Crippen LogP contribution in [0.25, 0.3) is 11.1 Å². The predicted molar refractivity (Wildman–Crippen MR) is 121 cm³/mol. The Morgan fingerprint density at radius 1 is 1.00 bits per heavy atom. The number of amides is 2. The van der Waals surface area contributed by atoms with Crippen LogP contribution < -0.4 is 10.6 Å². The zero-order valence-electron chi connectivity index (χ0n) is 16.9. The molecule has 0 aliphatic rings. The molecule has 6 nitrogen and oxygen atoms in total. The first-order chi connectivity index (χ1) is 15.1. The fourth-order valence-corrected chi connectivity index (χ4v) is 3.85. The number of hydrogen-bond donors (Lipinski definition) is 2. The third-order valence-corrected chi connectivity index (χ3v) is 5.56. The number of benzene rings is 2. The van der Waals surface area contributed by atoms with Gasteiger partial charge in [-0.3, -0.25) is 14.9 Å². The molecule has 2 N–H and O–H groups in total. The minimum atomic E-state index is -0.372. The summed E-state index contributed by atoms with van der Waals surface area (Å²) in [6, 6.07) is 21.4. The summed E-state index contributed by atoms with van der Waals surface area (Å²) in [5, 5.41) is 7.85. The molecule has 7 heteroatoms. The summed E-state index contributed by atoms with van der Waals surface area (Å²) in [6.07, 6.45) is 1.57. The Hall–Kier alpha value is -3.71. The maximum atomic E-state index is 12.5. The Kier molecular flexibility index (Phi) is 6.24. The third kappa shape index (κ3) is 5.26. The van der Waals surface area contributed by atoms with E-state index in [2.05, 4.69) is 39.9 Å². The highest BCUT2D eigenvalue weighted by molar-refractivity contribution is 7.14. The van der Waals surface area contributed by atoms with Gasteiger partial charge in [0.05, 0.1) is 24.4 Å². The van der Waals surface area contributed by atoms with Gasteiger partial charge in [0.25, 0.3) is 5.91 Å². The molecule has 0 aliphatic carbocycles. The molecule has 0 radical (unpaired) electrons. The molecule has 4 rings (SSSR count). The molecular formula is C24H21N3O3S. The highest BCUT2D eigenvalue weighted by atomic mass is 32.1. The molecular weight excluding hydrogens is 410 g/mol. The molecule has 2 amide bonds. The number of aromatic nitrogens is 1. The van der Waals surface area contributed by atoms with Gasteiger partial charge in [-0.25, -0.2) is 4.98 Å². The van der Waals surface area contributed by atoms with Gasteiger partial charge >= 0.3 is 0 Å². The van der Waals surface area contributed by atoms with Crippen LogP contribution >= 0.6 is 11.3 Å². The second-order valence-corrected chi connectivity index (χ2v) is 7.89. The van der Waals surface area contributed by atoms with Crippen LogP contribution in [0.5, 0.6) is 0 Å². The summed E-state index contributed by atoms with van der Waals surface area (Å²) < 4.78 is 5.06. The Morgan fingerprint density at radius 2 is 1.74 bits per heavy atom. The molecule has 0 fully saturated rings. The van der Waals surface area contributed by atoms with Crippen molar-refractivity contribution in [3.05, 3.63) is 95.4 Å². The van der Waals surface area contributed by atoms with Gasteiger partial charge in [-0.2, -0.15) is 0 Å². The van der Waals surface area contributed by atoms with Crippen molar-refractivity contribution in [2.45, 2.75) is 19.4 Å². The Labute approximate surface area is 184 Å². The molecule has 0 saturated heterocycles. The van der Waals surface area contributed by atoms with Gasteiger partial charge in [-0.15, -0.1) is 11.3 Å². The van der Waals surface area contributed by atoms with Gasteiger partial charge in [-0.1, -0.05) is 54.6 Å². The van der Waals surface area contributed by atoms with Crippen molar-refractivity contribution < 1.29 is 14.0 Å². The van der Waals surface area contributed by atoms with E-state index in [0.29, 0.717) is 10.8 Å². The molecule has 2 heterocycles. The van der Waals surface area contributed by atoms with Gasteiger partial charge in [0.2, 0.25) is 5.91 Å². The number of nitrogens with one attached hydrogen (secondary N) is 2. The number of carbonyl (C=O) groups excluding carboxylic acids is 2. The summed E-state index contributed by atoms with van der Waals surface area (Å²) in [5.74, 6) is -0.293. The number of nitrogens with zero attached hydrogens (tertiary/aromatic N) is 1. The molecule has 0 bridgehead atoms. The summed E-state index contributed by atoms with van der Waals surface area (Å²) in [5.41, 5.74) is 3.92. The average molecular weight is 432 g/mol. The molecule has 2 aromatic heterocycles. The zero-order valence-corrected chi connectivity index (χ0v) is 17.7. The summed E-state index contributed by atoms with van der Waals surface area (Å²) in [6.45, 7) is 1.95. The second-order valence-electron chi connectivity index (χ2n) is 7.03. The molecule has 0 aliphatic heterocycles. The minimum absolute atomic E-state index is 0.130. The maximum absolute atomic E-state index is 12.5. The normalized spacial score (nSPS) is 11.6. The molecule has 31 heavy (non-hydrogen) atoms. The minimum Gasteiger partial charge on any atom is -0.459 e. The highest BCUT2D eigenvalue weighted by Crippen LogP contribution is 2.22. The van der Waals surface area contributed by atoms with Gasteiger partial charge < -0.3 is 9.73 Å². The SMILES string of the molecule is CC(NC(=O)Cc1csc(NC(=O)c2ccco2)n1)c1ccc(-c2ccccc2)cc1. The second kappa shape index (κ2) is 9.40. The van der Waals surface area contributed by atoms with Gasteiger partial charge in [0, 0.05) is 5.38 Å². The van der Waals surface area contributed by atoms with E-state index < -0.39 is 0 Å². The number of rotatable bonds is 7. The van der Waals surface area contributed by atoms with Crippen molar-refractivity contribution >= 4 is 28.3 Å². The quantitative estimate of drug-likeness (QED) is 0.428. The lowest BCUT2D eigenvalue weighted by Gasteiger charge is -2.14. The smallest absolute Gasteiger partial charge is 0.293 e. The lowest BCUT2D eigenvalue weighted by Crippen LogP contribution is -2.28. The molecule has 1 atom stereocenters. The van der Waals surface area contributed by atoms with E-state index in [1.54, 1.807) is 17.5 Å². The van der Waals surface area contributed by atoms with Crippen LogP contribution in [0.4, 0.5) is 5.13 Å². The number of hydrogen-bond acceptors (Lipinski definition) is 5. The van der Waals surface area contributed by atoms with Crippen LogP contribution in [0.1, 0.15) is 34.8 Å². The van der Waals surface area contributed by atoms with Gasteiger partial charge in [-0.05, 0) is 35.7 Å². The van der Waals surface area contributed by atoms with Gasteiger partial charge in [0.15, 0.2) is 10.9 Å². The Balaban J connectivity index is 1.31. The van der Waals surface area contributed by atoms with E-state index in [4.69, 9.17) is 4.42 Å². The van der Waals surface area contributed by atoms with Crippen molar-refractivity contribution in [2.75, 3.05) is 5.32 Å². The number of anilines is 1. The molecule has 0 saturated carbocycles. The van der Waals surface area contributed by atoms with Gasteiger partial charge in [0.1, 0.15) is 0 Å². The summed E-state index contributed by atoms with van der Waals surface area (Å²) in [4.78, 5) is 28.8. The van der Waals surface area contributed by atoms with Crippen LogP contribution in [0.15, 0.2) is 82.8 Å². The molecule has 4 aromatic rings. The first kappa shape index (κ1) is 20.6. The predicted octanol–water partition coefficient (Wildman–Crippen LogP) is 5.08. The third-order valence-electron chi connectivity index (χ3n) is 4.75. The van der Waals surface area contributed by atoms with Crippen molar-refractivity contribution in [3.8, 4) is 11.1 Å². The molecule has 1 unspecified atom stereocenters. The number of carbonyl (C=O) groups is 2. The van der Waals surface area contributed by atoms with Crippen LogP contribution in [0, 0.1) is 0 Å². The first-order valence-corrected chi connectivity index (χ1v) is 10.7. The first-order valence-electron chi connectivity index (χ1n) is 9.82. The van der Waals surface area contributed by atoms with Crippen molar-refractivity contribution in [1.29, 1.82) is 0 Å². The standard InChI is InChI=1S/C24H21N3O3S/c1-16(17-9-11-19(12-10-17)18-6-3-2-4-7-18)25-22(28)14-20-15-31-24(26-20)27-23(29)21-8-5-13-30-21/h2-13,15-16H,14H2,1H3,(H,25,28)(H,26,27,29). The summed E-state index contributed by atoms with van der Waals surface area (Å²) >= 11 is 1.27. The summed E-state index contributed by atoms with van der Waals surface area (Å²) in [7, 11) is 0. The van der Waals surface area contributed by atoms with Crippen LogP contribution in [0.2, 0.25) is 0 Å². The Bertz CT molecular complexity index is 1150. The average Bonchev–Trinajstić information content (AvgIpc) is 3.47. The lowest BCUT2D eigenvalue weighted by atomic mass is 10.0. The molecule has 156 valence electrons. The van der Waals surface area contributed by atoms with E-state index in [9.17, 15) is 9.59 Å². The van der Waals surface area contributed by atoms with Crippen molar-refractivity contribution in [3.63, 3.8) is 0 Å². The van der Waals surface area contributed by atoms with E-state index in [0.717, 1.165) is 16.7 Å². The van der Waals surface area contributed by atoms with Crippen LogP contribution in [-0.4, -0.2) is 16.8 Å². The molecule has 2 aromatic carbocycles. The number of thiazole rings is 1. The topological polar surface area (TPSA) is 84.2 Å². The maximum Gasteiger partial charge on any atom is 0.293 e. The van der Waals surface area contributed by atoms with Crippen molar-refractivity contribution in [2.24, 2.45) is 0 Å². The van der Waals surface area contributed by atoms with E-state index in [1.165, 1.54) is 17.6 Å². The van der Waals surface area contributed by atoms with E-state index >= 15 is 0 Å². The fraction of sp³-hybridized carbons (Fsp3) is 0.125. The van der Waals surface area contributed by atoms with E-state index in [1.807, 2.05) is 37.3 Å². The van der Waals surface area contributed by atoms with Crippen molar-refractivity contribution in [1.82, 2.24) is 10.3 Å². The lowest BCUT2D eigenvalue weighted by molar-refractivity contribution is -0.121. The van der Waals surface area contributed by atoms with E-state index in [-0.39, 0.29) is 30.0 Å². The number of furan rings is 1. The fourth-order valence-electron chi connectivity index (χ4n) is 3.15. The molecule has 0 spiro atoms. The highest BCUT2D eigenvalue weighted by Gasteiger charge is 2.14. The largest absolute Gasteiger partial charge is 0.459 e. The van der Waals surface area contributed by atoms with Crippen LogP contribution in [-0.2, 0) is 11.2 Å². The zero-order chi connectivity index (χ0) is 21.6. The monoisotopic (exact) mass is 431 g/mol. The Morgan fingerprint density at radius 3 is 2.45 bits per heavy atom.